The molecule has 0 bridgehead atoms. The first-order chi connectivity index (χ1) is 8.35. The van der Waals surface area contributed by atoms with E-state index in [0.29, 0.717) is 19.4 Å². The molecule has 1 aliphatic rings. The number of nitrogens with two attached hydrogens (primary N) is 1. The molecule has 0 amide bonds. The van der Waals surface area contributed by atoms with Gasteiger partial charge in [0.1, 0.15) is 0 Å². The molecule has 100 valence electrons. The molecule has 3 heteroatoms. The van der Waals surface area contributed by atoms with Crippen molar-refractivity contribution in [2.45, 2.75) is 39.0 Å². The SMILES string of the molecule is CC(C)(CN)Cc1cccc(C(F)(F)C2CC2)c1. The Hall–Kier alpha value is -0.960. The quantitative estimate of drug-likeness (QED) is 0.850. The first kappa shape index (κ1) is 13.5. The van der Waals surface area contributed by atoms with Crippen LogP contribution in [0.15, 0.2) is 24.3 Å². The lowest BCUT2D eigenvalue weighted by atomic mass is 9.85. The molecule has 0 saturated heterocycles. The monoisotopic (exact) mass is 253 g/mol. The van der Waals surface area contributed by atoms with Gasteiger partial charge in [-0.15, -0.1) is 0 Å². The molecule has 1 saturated carbocycles. The first-order valence-corrected chi connectivity index (χ1v) is 6.52. The third kappa shape index (κ3) is 2.89. The Morgan fingerprint density at radius 2 is 1.94 bits per heavy atom. The summed E-state index contributed by atoms with van der Waals surface area (Å²) in [5, 5.41) is 0. The molecule has 2 rings (SSSR count). The lowest BCUT2D eigenvalue weighted by Crippen LogP contribution is -2.26. The Bertz CT molecular complexity index is 422. The maximum atomic E-state index is 14.0. The largest absolute Gasteiger partial charge is 0.330 e. The van der Waals surface area contributed by atoms with Gasteiger partial charge >= 0.3 is 0 Å². The van der Waals surface area contributed by atoms with Crippen molar-refractivity contribution in [1.29, 1.82) is 0 Å². The number of rotatable bonds is 5. The van der Waals surface area contributed by atoms with E-state index in [1.54, 1.807) is 12.1 Å². The van der Waals surface area contributed by atoms with E-state index in [2.05, 4.69) is 13.8 Å². The van der Waals surface area contributed by atoms with E-state index in [9.17, 15) is 8.78 Å². The fraction of sp³-hybridized carbons (Fsp3) is 0.600. The van der Waals surface area contributed by atoms with Gasteiger partial charge in [-0.2, -0.15) is 0 Å². The highest BCUT2D eigenvalue weighted by Crippen LogP contribution is 2.49. The van der Waals surface area contributed by atoms with Crippen molar-refractivity contribution < 1.29 is 8.78 Å². The summed E-state index contributed by atoms with van der Waals surface area (Å²) in [7, 11) is 0. The van der Waals surface area contributed by atoms with Crippen molar-refractivity contribution in [2.24, 2.45) is 17.1 Å². The van der Waals surface area contributed by atoms with E-state index < -0.39 is 11.8 Å². The van der Waals surface area contributed by atoms with Gasteiger partial charge in [-0.3, -0.25) is 0 Å². The number of alkyl halides is 2. The fourth-order valence-corrected chi connectivity index (χ4v) is 2.19. The Balaban J connectivity index is 2.20. The first-order valence-electron chi connectivity index (χ1n) is 6.52. The predicted molar refractivity (Wildman–Crippen MR) is 69.6 cm³/mol. The lowest BCUT2D eigenvalue weighted by molar-refractivity contribution is -0.0286. The molecule has 18 heavy (non-hydrogen) atoms. The molecule has 0 unspecified atom stereocenters. The number of hydrogen-bond donors (Lipinski definition) is 1. The highest BCUT2D eigenvalue weighted by atomic mass is 19.3. The smallest absolute Gasteiger partial charge is 0.276 e. The summed E-state index contributed by atoms with van der Waals surface area (Å²) in [5.74, 6) is -3.11. The minimum atomic E-state index is -2.66. The molecule has 0 aliphatic heterocycles. The minimum Gasteiger partial charge on any atom is -0.330 e. The van der Waals surface area contributed by atoms with Crippen LogP contribution in [0.25, 0.3) is 0 Å². The van der Waals surface area contributed by atoms with Gasteiger partial charge in [0.15, 0.2) is 0 Å². The molecule has 0 aromatic heterocycles. The van der Waals surface area contributed by atoms with Crippen LogP contribution in [0.2, 0.25) is 0 Å². The van der Waals surface area contributed by atoms with Crippen LogP contribution in [0.4, 0.5) is 8.78 Å². The van der Waals surface area contributed by atoms with Gasteiger partial charge in [-0.05, 0) is 42.9 Å². The van der Waals surface area contributed by atoms with Gasteiger partial charge in [-0.1, -0.05) is 32.0 Å². The van der Waals surface area contributed by atoms with Crippen LogP contribution in [0.5, 0.6) is 0 Å². The van der Waals surface area contributed by atoms with Crippen molar-refractivity contribution in [2.75, 3.05) is 6.54 Å². The second kappa shape index (κ2) is 4.61. The molecule has 0 heterocycles. The highest BCUT2D eigenvalue weighted by Gasteiger charge is 2.47. The van der Waals surface area contributed by atoms with Gasteiger partial charge in [0.2, 0.25) is 0 Å². The Labute approximate surface area is 107 Å². The van der Waals surface area contributed by atoms with Crippen LogP contribution in [-0.2, 0) is 12.3 Å². The molecule has 1 aromatic rings. The maximum Gasteiger partial charge on any atom is 0.276 e. The lowest BCUT2D eigenvalue weighted by Gasteiger charge is -2.23. The maximum absolute atomic E-state index is 14.0. The van der Waals surface area contributed by atoms with Crippen molar-refractivity contribution in [3.05, 3.63) is 35.4 Å². The van der Waals surface area contributed by atoms with E-state index in [1.807, 2.05) is 6.07 Å². The van der Waals surface area contributed by atoms with Gasteiger partial charge in [-0.25, -0.2) is 8.78 Å². The van der Waals surface area contributed by atoms with Crippen molar-refractivity contribution in [1.82, 2.24) is 0 Å². The zero-order valence-corrected chi connectivity index (χ0v) is 11.0. The summed E-state index contributed by atoms with van der Waals surface area (Å²) in [6, 6.07) is 6.82. The Morgan fingerprint density at radius 1 is 1.28 bits per heavy atom. The normalized spacial score (nSPS) is 16.9. The van der Waals surface area contributed by atoms with Crippen molar-refractivity contribution in [3.63, 3.8) is 0 Å². The summed E-state index contributed by atoms with van der Waals surface area (Å²) in [5.41, 5.74) is 6.75. The van der Waals surface area contributed by atoms with E-state index in [4.69, 9.17) is 5.73 Å². The molecular formula is C15H21F2N. The van der Waals surface area contributed by atoms with E-state index in [0.717, 1.165) is 12.0 Å². The molecule has 1 fully saturated rings. The average molecular weight is 253 g/mol. The van der Waals surface area contributed by atoms with Crippen LogP contribution in [-0.4, -0.2) is 6.54 Å². The third-order valence-corrected chi connectivity index (χ3v) is 3.64. The van der Waals surface area contributed by atoms with Crippen LogP contribution < -0.4 is 5.73 Å². The van der Waals surface area contributed by atoms with Crippen LogP contribution in [0.3, 0.4) is 0 Å². The van der Waals surface area contributed by atoms with Gasteiger partial charge in [0, 0.05) is 11.5 Å². The molecule has 0 atom stereocenters. The van der Waals surface area contributed by atoms with Crippen LogP contribution in [0, 0.1) is 11.3 Å². The van der Waals surface area contributed by atoms with E-state index in [1.165, 1.54) is 6.07 Å². The minimum absolute atomic E-state index is 0.0481. The van der Waals surface area contributed by atoms with Gasteiger partial charge in [0.05, 0.1) is 0 Å². The molecule has 1 aliphatic carbocycles. The van der Waals surface area contributed by atoms with Crippen molar-refractivity contribution in [3.8, 4) is 0 Å². The number of halogens is 2. The summed E-state index contributed by atoms with van der Waals surface area (Å²) < 4.78 is 28.0. The predicted octanol–water partition coefficient (Wildman–Crippen LogP) is 3.72. The van der Waals surface area contributed by atoms with E-state index >= 15 is 0 Å². The molecule has 1 aromatic carbocycles. The summed E-state index contributed by atoms with van der Waals surface area (Å²) in [4.78, 5) is 0. The molecule has 1 nitrogen and oxygen atoms in total. The summed E-state index contributed by atoms with van der Waals surface area (Å²) >= 11 is 0. The van der Waals surface area contributed by atoms with Crippen LogP contribution >= 0.6 is 0 Å². The number of hydrogen-bond acceptors (Lipinski definition) is 1. The standard InChI is InChI=1S/C15H21F2N/c1-14(2,10-18)9-11-4-3-5-13(8-11)15(16,17)12-6-7-12/h3-5,8,12H,6-7,9-10,18H2,1-2H3. The van der Waals surface area contributed by atoms with Crippen LogP contribution in [0.1, 0.15) is 37.8 Å². The highest BCUT2D eigenvalue weighted by molar-refractivity contribution is 5.29. The topological polar surface area (TPSA) is 26.0 Å². The third-order valence-electron chi connectivity index (χ3n) is 3.64. The molecular weight excluding hydrogens is 232 g/mol. The van der Waals surface area contributed by atoms with E-state index in [-0.39, 0.29) is 11.0 Å². The molecule has 0 radical (unpaired) electrons. The Kier molecular flexibility index (Phi) is 3.45. The van der Waals surface area contributed by atoms with Gasteiger partial charge < -0.3 is 5.73 Å². The zero-order chi connectivity index (χ0) is 13.4. The Morgan fingerprint density at radius 3 is 2.50 bits per heavy atom. The fourth-order valence-electron chi connectivity index (χ4n) is 2.19. The number of benzene rings is 1. The average Bonchev–Trinajstić information content (AvgIpc) is 3.13. The second-order valence-corrected chi connectivity index (χ2v) is 6.14. The zero-order valence-electron chi connectivity index (χ0n) is 11.0. The second-order valence-electron chi connectivity index (χ2n) is 6.14. The molecule has 2 N–H and O–H groups in total. The van der Waals surface area contributed by atoms with Crippen molar-refractivity contribution >= 4 is 0 Å². The summed E-state index contributed by atoms with van der Waals surface area (Å²) in [6.07, 6.45) is 2.02. The van der Waals surface area contributed by atoms with Gasteiger partial charge in [0.25, 0.3) is 5.92 Å². The molecule has 0 spiro atoms. The summed E-state index contributed by atoms with van der Waals surface area (Å²) in [6.45, 7) is 4.66.